The molecule has 3 rings (SSSR count). The lowest BCUT2D eigenvalue weighted by Gasteiger charge is -2.17. The smallest absolute Gasteiger partial charge is 0.309 e. The van der Waals surface area contributed by atoms with Crippen LogP contribution in [0.4, 0.5) is 26.3 Å². The molecule has 0 spiro atoms. The number of aromatic nitrogens is 4. The summed E-state index contributed by atoms with van der Waals surface area (Å²) in [6.45, 7) is 0.238. The largest absolute Gasteiger partial charge is 0.391 e. The van der Waals surface area contributed by atoms with E-state index in [1.54, 1.807) is 0 Å². The second kappa shape index (κ2) is 7.88. The van der Waals surface area contributed by atoms with Crippen molar-refractivity contribution in [1.82, 2.24) is 19.1 Å². The van der Waals surface area contributed by atoms with Gasteiger partial charge in [0.15, 0.2) is 11.2 Å². The van der Waals surface area contributed by atoms with Crippen molar-refractivity contribution in [3.8, 4) is 5.69 Å². The standard InChI is InChI=1S/C18H16F6N4O/c1-10(18(22,23)24)2-7-14-26-16-15(25-9-27(16)8-13(20)21)17(29)28(14)12-5-3-11(19)4-6-12/h3-6,9-10,13H,2,7-8H2,1H3. The highest BCUT2D eigenvalue weighted by Gasteiger charge is 2.35. The minimum Gasteiger partial charge on any atom is -0.309 e. The monoisotopic (exact) mass is 418 g/mol. The number of imidazole rings is 1. The molecule has 0 fully saturated rings. The Bertz CT molecular complexity index is 1060. The molecule has 2 aromatic heterocycles. The predicted molar refractivity (Wildman–Crippen MR) is 92.6 cm³/mol. The first kappa shape index (κ1) is 20.9. The van der Waals surface area contributed by atoms with Crippen LogP contribution in [0.3, 0.4) is 0 Å². The van der Waals surface area contributed by atoms with Gasteiger partial charge in [-0.25, -0.2) is 23.1 Å². The summed E-state index contributed by atoms with van der Waals surface area (Å²) in [5.41, 5.74) is -0.890. The predicted octanol–water partition coefficient (Wildman–Crippen LogP) is 4.12. The Morgan fingerprint density at radius 2 is 1.79 bits per heavy atom. The van der Waals surface area contributed by atoms with Crippen LogP contribution in [0.15, 0.2) is 35.4 Å². The van der Waals surface area contributed by atoms with Crippen molar-refractivity contribution >= 4 is 11.2 Å². The van der Waals surface area contributed by atoms with Gasteiger partial charge in [-0.3, -0.25) is 9.36 Å². The van der Waals surface area contributed by atoms with Crippen LogP contribution in [0, 0.1) is 11.7 Å². The molecule has 0 aliphatic heterocycles. The summed E-state index contributed by atoms with van der Waals surface area (Å²) < 4.78 is 79.5. The highest BCUT2D eigenvalue weighted by Crippen LogP contribution is 2.29. The summed E-state index contributed by atoms with van der Waals surface area (Å²) in [7, 11) is 0. The van der Waals surface area contributed by atoms with Crippen LogP contribution in [-0.4, -0.2) is 31.7 Å². The fraction of sp³-hybridized carbons (Fsp3) is 0.389. The molecule has 2 heterocycles. The summed E-state index contributed by atoms with van der Waals surface area (Å²) in [5, 5.41) is 0. The third kappa shape index (κ3) is 4.43. The molecule has 1 atom stereocenters. The van der Waals surface area contributed by atoms with Gasteiger partial charge in [0.05, 0.1) is 24.5 Å². The van der Waals surface area contributed by atoms with E-state index in [9.17, 15) is 31.1 Å². The average molecular weight is 418 g/mol. The molecule has 29 heavy (non-hydrogen) atoms. The lowest BCUT2D eigenvalue weighted by Crippen LogP contribution is -2.26. The lowest BCUT2D eigenvalue weighted by atomic mass is 10.0. The van der Waals surface area contributed by atoms with E-state index in [0.29, 0.717) is 0 Å². The maximum Gasteiger partial charge on any atom is 0.391 e. The first-order chi connectivity index (χ1) is 13.6. The van der Waals surface area contributed by atoms with Gasteiger partial charge in [0, 0.05) is 6.42 Å². The quantitative estimate of drug-likeness (QED) is 0.566. The van der Waals surface area contributed by atoms with Crippen molar-refractivity contribution in [3.63, 3.8) is 0 Å². The maximum absolute atomic E-state index is 13.3. The summed E-state index contributed by atoms with van der Waals surface area (Å²) in [6.07, 6.45) is -6.75. The molecule has 1 aromatic carbocycles. The molecule has 3 aromatic rings. The van der Waals surface area contributed by atoms with E-state index in [-0.39, 0.29) is 35.5 Å². The van der Waals surface area contributed by atoms with E-state index < -0.39 is 36.4 Å². The molecule has 11 heteroatoms. The van der Waals surface area contributed by atoms with Crippen LogP contribution in [0.2, 0.25) is 0 Å². The maximum atomic E-state index is 13.3. The molecular weight excluding hydrogens is 402 g/mol. The fourth-order valence-electron chi connectivity index (χ4n) is 2.85. The number of fused-ring (bicyclic) bond motifs is 1. The second-order valence-electron chi connectivity index (χ2n) is 6.59. The number of hydrogen-bond donors (Lipinski definition) is 0. The molecule has 156 valence electrons. The first-order valence-electron chi connectivity index (χ1n) is 8.65. The Labute approximate surface area is 160 Å². The molecule has 0 saturated carbocycles. The molecule has 0 aliphatic carbocycles. The molecule has 0 amide bonds. The van der Waals surface area contributed by atoms with Gasteiger partial charge in [0.2, 0.25) is 0 Å². The summed E-state index contributed by atoms with van der Waals surface area (Å²) in [4.78, 5) is 20.9. The lowest BCUT2D eigenvalue weighted by molar-refractivity contribution is -0.171. The van der Waals surface area contributed by atoms with E-state index in [0.717, 1.165) is 34.5 Å². The van der Waals surface area contributed by atoms with Gasteiger partial charge in [-0.15, -0.1) is 0 Å². The number of rotatable bonds is 6. The number of hydrogen-bond acceptors (Lipinski definition) is 3. The third-order valence-corrected chi connectivity index (χ3v) is 4.49. The number of aryl methyl sites for hydroxylation is 1. The number of alkyl halides is 5. The van der Waals surface area contributed by atoms with Crippen molar-refractivity contribution in [1.29, 1.82) is 0 Å². The van der Waals surface area contributed by atoms with E-state index in [1.165, 1.54) is 12.1 Å². The van der Waals surface area contributed by atoms with Crippen molar-refractivity contribution in [2.24, 2.45) is 5.92 Å². The minimum absolute atomic E-state index is 0.0544. The van der Waals surface area contributed by atoms with Crippen LogP contribution < -0.4 is 5.56 Å². The Balaban J connectivity index is 2.14. The first-order valence-corrected chi connectivity index (χ1v) is 8.65. The van der Waals surface area contributed by atoms with Gasteiger partial charge in [0.25, 0.3) is 12.0 Å². The van der Waals surface area contributed by atoms with Gasteiger partial charge in [0.1, 0.15) is 11.6 Å². The highest BCUT2D eigenvalue weighted by atomic mass is 19.4. The molecule has 0 aliphatic rings. The second-order valence-corrected chi connectivity index (χ2v) is 6.59. The highest BCUT2D eigenvalue weighted by molar-refractivity contribution is 5.70. The Morgan fingerprint density at radius 3 is 2.38 bits per heavy atom. The van der Waals surface area contributed by atoms with E-state index in [1.807, 2.05) is 0 Å². The number of benzene rings is 1. The van der Waals surface area contributed by atoms with Crippen LogP contribution in [0.25, 0.3) is 16.9 Å². The number of halogens is 6. The van der Waals surface area contributed by atoms with Gasteiger partial charge < -0.3 is 4.57 Å². The van der Waals surface area contributed by atoms with Crippen molar-refractivity contribution in [2.75, 3.05) is 0 Å². The molecule has 0 bridgehead atoms. The minimum atomic E-state index is -4.43. The van der Waals surface area contributed by atoms with Crippen LogP contribution in [-0.2, 0) is 13.0 Å². The van der Waals surface area contributed by atoms with Gasteiger partial charge in [-0.05, 0) is 30.7 Å². The zero-order valence-corrected chi connectivity index (χ0v) is 15.1. The Morgan fingerprint density at radius 1 is 1.14 bits per heavy atom. The molecule has 5 nitrogen and oxygen atoms in total. The summed E-state index contributed by atoms with van der Waals surface area (Å²) in [6, 6.07) is 4.72. The topological polar surface area (TPSA) is 52.7 Å². The molecule has 1 unspecified atom stereocenters. The van der Waals surface area contributed by atoms with E-state index >= 15 is 0 Å². The van der Waals surface area contributed by atoms with Crippen molar-refractivity contribution in [3.05, 3.63) is 52.6 Å². The number of nitrogens with zero attached hydrogens (tertiary/aromatic N) is 4. The zero-order valence-electron chi connectivity index (χ0n) is 15.1. The van der Waals surface area contributed by atoms with Gasteiger partial charge >= 0.3 is 6.18 Å². The van der Waals surface area contributed by atoms with Crippen LogP contribution in [0.5, 0.6) is 0 Å². The summed E-state index contributed by atoms with van der Waals surface area (Å²) in [5.74, 6) is -2.28. The molecule has 0 radical (unpaired) electrons. The van der Waals surface area contributed by atoms with Crippen molar-refractivity contribution in [2.45, 2.75) is 38.9 Å². The Kier molecular flexibility index (Phi) is 5.67. The van der Waals surface area contributed by atoms with Crippen molar-refractivity contribution < 1.29 is 26.3 Å². The van der Waals surface area contributed by atoms with E-state index in [2.05, 4.69) is 9.97 Å². The summed E-state index contributed by atoms with van der Waals surface area (Å²) >= 11 is 0. The molecule has 0 N–H and O–H groups in total. The Hall–Kier alpha value is -2.85. The molecule has 0 saturated heterocycles. The normalized spacial score (nSPS) is 13.4. The van der Waals surface area contributed by atoms with E-state index in [4.69, 9.17) is 0 Å². The van der Waals surface area contributed by atoms with Crippen LogP contribution >= 0.6 is 0 Å². The SMILES string of the molecule is CC(CCc1nc2c(ncn2CC(F)F)c(=O)n1-c1ccc(F)cc1)C(F)(F)F. The average Bonchev–Trinajstić information content (AvgIpc) is 3.02. The van der Waals surface area contributed by atoms with Gasteiger partial charge in [-0.1, -0.05) is 6.92 Å². The van der Waals surface area contributed by atoms with Crippen LogP contribution in [0.1, 0.15) is 19.2 Å². The van der Waals surface area contributed by atoms with Gasteiger partial charge in [-0.2, -0.15) is 13.2 Å². The third-order valence-electron chi connectivity index (χ3n) is 4.49. The fourth-order valence-corrected chi connectivity index (χ4v) is 2.85. The molecular formula is C18H16F6N4O. The zero-order chi connectivity index (χ0) is 21.3.